The smallest absolute Gasteiger partial charge is 0.257 e. The van der Waals surface area contributed by atoms with Crippen LogP contribution in [0.25, 0.3) is 0 Å². The zero-order valence-electron chi connectivity index (χ0n) is 17.6. The number of piperazine rings is 1. The molecule has 1 unspecified atom stereocenters. The van der Waals surface area contributed by atoms with Crippen LogP contribution in [-0.4, -0.2) is 74.9 Å². The van der Waals surface area contributed by atoms with E-state index in [0.717, 1.165) is 6.42 Å². The Bertz CT molecular complexity index is 1010. The molecule has 0 N–H and O–H groups in total. The molecule has 2 aliphatic heterocycles. The van der Waals surface area contributed by atoms with Crippen LogP contribution in [0.1, 0.15) is 28.6 Å². The van der Waals surface area contributed by atoms with E-state index in [9.17, 15) is 13.2 Å². The van der Waals surface area contributed by atoms with Crippen LogP contribution in [0.3, 0.4) is 0 Å². The van der Waals surface area contributed by atoms with Gasteiger partial charge in [0.15, 0.2) is 0 Å². The average Bonchev–Trinajstić information content (AvgIpc) is 3.30. The largest absolute Gasteiger partial charge is 0.467 e. The maximum Gasteiger partial charge on any atom is 0.257 e. The number of furan rings is 1. The lowest BCUT2D eigenvalue weighted by Gasteiger charge is -2.34. The molecular weight excluding hydrogens is 402 g/mol. The molecule has 0 aliphatic carbocycles. The monoisotopic (exact) mass is 431 g/mol. The van der Waals surface area contributed by atoms with Gasteiger partial charge in [-0.25, -0.2) is 8.42 Å². The molecule has 4 rings (SSSR count). The molecule has 1 atom stereocenters. The predicted octanol–water partition coefficient (Wildman–Crippen LogP) is 2.03. The first-order chi connectivity index (χ1) is 14.3. The minimum absolute atomic E-state index is 0.0124. The number of carbonyl (C=O) groups is 1. The summed E-state index contributed by atoms with van der Waals surface area (Å²) in [6, 6.07) is 10.5. The van der Waals surface area contributed by atoms with Crippen molar-refractivity contribution in [3.05, 3.63) is 53.5 Å². The summed E-state index contributed by atoms with van der Waals surface area (Å²) in [6.45, 7) is 5.84. The Kier molecular flexibility index (Phi) is 5.88. The van der Waals surface area contributed by atoms with E-state index >= 15 is 0 Å². The predicted molar refractivity (Wildman–Crippen MR) is 117 cm³/mol. The van der Waals surface area contributed by atoms with Crippen LogP contribution >= 0.6 is 0 Å². The number of fused-ring (bicyclic) bond motifs is 1. The van der Waals surface area contributed by atoms with Crippen LogP contribution < -0.4 is 4.90 Å². The van der Waals surface area contributed by atoms with E-state index in [1.54, 1.807) is 12.3 Å². The molecule has 1 saturated heterocycles. The summed E-state index contributed by atoms with van der Waals surface area (Å²) in [5, 5.41) is 0. The van der Waals surface area contributed by atoms with Gasteiger partial charge in [0, 0.05) is 50.7 Å². The van der Waals surface area contributed by atoms with Crippen molar-refractivity contribution in [2.45, 2.75) is 25.9 Å². The molecule has 162 valence electrons. The van der Waals surface area contributed by atoms with Gasteiger partial charge in [-0.15, -0.1) is 0 Å². The highest BCUT2D eigenvalue weighted by Crippen LogP contribution is 2.33. The molecule has 0 saturated carbocycles. The molecule has 2 aliphatic rings. The van der Waals surface area contributed by atoms with E-state index < -0.39 is 9.84 Å². The van der Waals surface area contributed by atoms with E-state index in [1.165, 1.54) is 17.5 Å². The van der Waals surface area contributed by atoms with E-state index in [1.807, 2.05) is 11.0 Å². The van der Waals surface area contributed by atoms with Crippen molar-refractivity contribution in [1.82, 2.24) is 9.80 Å². The summed E-state index contributed by atoms with van der Waals surface area (Å²) in [5.41, 5.74) is 3.16. The minimum atomic E-state index is -2.97. The van der Waals surface area contributed by atoms with Crippen LogP contribution in [0.2, 0.25) is 0 Å². The van der Waals surface area contributed by atoms with Crippen molar-refractivity contribution < 1.29 is 17.6 Å². The Balaban J connectivity index is 1.40. The third kappa shape index (κ3) is 4.54. The van der Waals surface area contributed by atoms with Gasteiger partial charge in [-0.2, -0.15) is 0 Å². The molecule has 0 bridgehead atoms. The summed E-state index contributed by atoms with van der Waals surface area (Å²) in [4.78, 5) is 19.4. The van der Waals surface area contributed by atoms with Crippen molar-refractivity contribution in [2.24, 2.45) is 0 Å². The van der Waals surface area contributed by atoms with Gasteiger partial charge in [0.05, 0.1) is 24.1 Å². The lowest BCUT2D eigenvalue weighted by Crippen LogP contribution is -2.49. The quantitative estimate of drug-likeness (QED) is 0.697. The molecule has 1 fully saturated rings. The van der Waals surface area contributed by atoms with Crippen LogP contribution in [0.15, 0.2) is 41.0 Å². The first-order valence-corrected chi connectivity index (χ1v) is 12.5. The summed E-state index contributed by atoms with van der Waals surface area (Å²) in [5.74, 6) is 0.840. The number of hydrogen-bond acceptors (Lipinski definition) is 6. The highest BCUT2D eigenvalue weighted by molar-refractivity contribution is 7.90. The third-order valence-electron chi connectivity index (χ3n) is 6.08. The second kappa shape index (κ2) is 8.43. The zero-order valence-corrected chi connectivity index (χ0v) is 18.4. The number of anilines is 1. The molecule has 1 aromatic carbocycles. The first-order valence-electron chi connectivity index (χ1n) is 10.4. The van der Waals surface area contributed by atoms with Gasteiger partial charge in [-0.05, 0) is 31.0 Å². The van der Waals surface area contributed by atoms with E-state index in [4.69, 9.17) is 4.42 Å². The molecule has 30 heavy (non-hydrogen) atoms. The number of para-hydroxylation sites is 1. The van der Waals surface area contributed by atoms with E-state index in [2.05, 4.69) is 34.9 Å². The molecule has 0 spiro atoms. The number of sulfone groups is 1. The third-order valence-corrected chi connectivity index (χ3v) is 7.00. The molecule has 2 aromatic rings. The number of benzene rings is 1. The second-order valence-electron chi connectivity index (χ2n) is 8.33. The molecule has 8 heteroatoms. The summed E-state index contributed by atoms with van der Waals surface area (Å²) in [6.07, 6.45) is 3.85. The SMILES string of the molecule is CC1Cc2ccccc2N1Cc1occc1C(=O)N1CCN(CCS(C)(=O)=O)CC1. The highest BCUT2D eigenvalue weighted by Gasteiger charge is 2.30. The van der Waals surface area contributed by atoms with Gasteiger partial charge >= 0.3 is 0 Å². The molecular formula is C22H29N3O4S. The Morgan fingerprint density at radius 3 is 2.60 bits per heavy atom. The number of hydrogen-bond donors (Lipinski definition) is 0. The van der Waals surface area contributed by atoms with Crippen LogP contribution in [-0.2, 0) is 22.8 Å². The number of rotatable bonds is 6. The average molecular weight is 432 g/mol. The van der Waals surface area contributed by atoms with Crippen molar-refractivity contribution in [2.75, 3.05) is 49.6 Å². The fraction of sp³-hybridized carbons (Fsp3) is 0.500. The fourth-order valence-corrected chi connectivity index (χ4v) is 4.91. The summed E-state index contributed by atoms with van der Waals surface area (Å²) >= 11 is 0. The van der Waals surface area contributed by atoms with E-state index in [0.29, 0.717) is 56.6 Å². The number of amides is 1. The van der Waals surface area contributed by atoms with Gasteiger partial charge in [-0.1, -0.05) is 18.2 Å². The summed E-state index contributed by atoms with van der Waals surface area (Å²) in [7, 11) is -2.97. The van der Waals surface area contributed by atoms with Crippen LogP contribution in [0, 0.1) is 0 Å². The topological polar surface area (TPSA) is 74.1 Å². The van der Waals surface area contributed by atoms with Crippen molar-refractivity contribution >= 4 is 21.4 Å². The highest BCUT2D eigenvalue weighted by atomic mass is 32.2. The Morgan fingerprint density at radius 1 is 1.13 bits per heavy atom. The Morgan fingerprint density at radius 2 is 1.87 bits per heavy atom. The van der Waals surface area contributed by atoms with Gasteiger partial charge in [-0.3, -0.25) is 9.69 Å². The molecule has 7 nitrogen and oxygen atoms in total. The maximum atomic E-state index is 13.1. The fourth-order valence-electron chi connectivity index (χ4n) is 4.32. The standard InChI is InChI=1S/C22H29N3O4S/c1-17-15-18-5-3-4-6-20(18)25(17)16-21-19(7-13-29-21)22(26)24-10-8-23(9-11-24)12-14-30(2,27)28/h3-7,13,17H,8-12,14-16H2,1-2H3. The number of carbonyl (C=O) groups excluding carboxylic acids is 1. The van der Waals surface area contributed by atoms with Crippen LogP contribution in [0.4, 0.5) is 5.69 Å². The van der Waals surface area contributed by atoms with Crippen molar-refractivity contribution in [3.8, 4) is 0 Å². The second-order valence-corrected chi connectivity index (χ2v) is 10.6. The zero-order chi connectivity index (χ0) is 21.3. The minimum Gasteiger partial charge on any atom is -0.467 e. The Hall–Kier alpha value is -2.32. The molecule has 1 amide bonds. The molecule has 3 heterocycles. The van der Waals surface area contributed by atoms with Gasteiger partial charge < -0.3 is 14.2 Å². The lowest BCUT2D eigenvalue weighted by atomic mass is 10.1. The van der Waals surface area contributed by atoms with Crippen molar-refractivity contribution in [3.63, 3.8) is 0 Å². The van der Waals surface area contributed by atoms with Crippen molar-refractivity contribution in [1.29, 1.82) is 0 Å². The maximum absolute atomic E-state index is 13.1. The van der Waals surface area contributed by atoms with E-state index in [-0.39, 0.29) is 11.7 Å². The Labute approximate surface area is 178 Å². The molecule has 0 radical (unpaired) electrons. The normalized spacial score (nSPS) is 19.9. The number of nitrogens with zero attached hydrogens (tertiary/aromatic N) is 3. The lowest BCUT2D eigenvalue weighted by molar-refractivity contribution is 0.0641. The van der Waals surface area contributed by atoms with Gasteiger partial charge in [0.1, 0.15) is 15.6 Å². The molecule has 1 aromatic heterocycles. The summed E-state index contributed by atoms with van der Waals surface area (Å²) < 4.78 is 28.5. The van der Waals surface area contributed by atoms with Gasteiger partial charge in [0.25, 0.3) is 5.91 Å². The first kappa shape index (κ1) is 20.9. The van der Waals surface area contributed by atoms with Gasteiger partial charge in [0.2, 0.25) is 0 Å². The van der Waals surface area contributed by atoms with Crippen LogP contribution in [0.5, 0.6) is 0 Å².